The lowest BCUT2D eigenvalue weighted by atomic mass is 10.1. The Hall–Kier alpha value is -1.97. The van der Waals surface area contributed by atoms with Gasteiger partial charge >= 0.3 is 0 Å². The fourth-order valence-corrected chi connectivity index (χ4v) is 1.75. The molecule has 0 aliphatic carbocycles. The molecule has 0 saturated carbocycles. The highest BCUT2D eigenvalue weighted by Crippen LogP contribution is 2.24. The predicted octanol–water partition coefficient (Wildman–Crippen LogP) is 3.01. The van der Waals surface area contributed by atoms with Crippen molar-refractivity contribution in [1.82, 2.24) is 15.0 Å². The quantitative estimate of drug-likeness (QED) is 0.898. The van der Waals surface area contributed by atoms with Crippen LogP contribution in [0.4, 0.5) is 5.82 Å². The summed E-state index contributed by atoms with van der Waals surface area (Å²) in [5.74, 6) is 2.01. The number of aryl methyl sites for hydroxylation is 1. The van der Waals surface area contributed by atoms with E-state index in [1.165, 1.54) is 0 Å². The Morgan fingerprint density at radius 2 is 2.00 bits per heavy atom. The third-order valence-corrected chi connectivity index (χ3v) is 2.81. The van der Waals surface area contributed by atoms with Gasteiger partial charge in [0.05, 0.1) is 5.69 Å². The molecule has 18 heavy (non-hydrogen) atoms. The summed E-state index contributed by atoms with van der Waals surface area (Å²) in [7, 11) is 1.87. The summed E-state index contributed by atoms with van der Waals surface area (Å²) in [6, 6.07) is 3.95. The number of nitrogens with one attached hydrogen (secondary N) is 1. The Kier molecular flexibility index (Phi) is 3.55. The summed E-state index contributed by atoms with van der Waals surface area (Å²) in [6.45, 7) is 6.23. The monoisotopic (exact) mass is 242 g/mol. The van der Waals surface area contributed by atoms with Crippen LogP contribution in [-0.2, 0) is 0 Å². The molecule has 2 rings (SSSR count). The van der Waals surface area contributed by atoms with Crippen molar-refractivity contribution in [3.8, 4) is 11.3 Å². The van der Waals surface area contributed by atoms with Crippen LogP contribution in [0.1, 0.15) is 31.2 Å². The zero-order valence-corrected chi connectivity index (χ0v) is 11.2. The van der Waals surface area contributed by atoms with Crippen LogP contribution in [-0.4, -0.2) is 22.0 Å². The molecular formula is C14H18N4. The average Bonchev–Trinajstić information content (AvgIpc) is 2.38. The first-order valence-corrected chi connectivity index (χ1v) is 6.09. The molecule has 2 aromatic heterocycles. The molecule has 0 unspecified atom stereocenters. The number of anilines is 1. The summed E-state index contributed by atoms with van der Waals surface area (Å²) in [5, 5.41) is 3.09. The number of nitrogens with zero attached hydrogens (tertiary/aromatic N) is 3. The summed E-state index contributed by atoms with van der Waals surface area (Å²) in [4.78, 5) is 13.2. The van der Waals surface area contributed by atoms with Crippen molar-refractivity contribution in [2.24, 2.45) is 0 Å². The zero-order valence-electron chi connectivity index (χ0n) is 11.2. The lowest BCUT2D eigenvalue weighted by Gasteiger charge is -2.11. The van der Waals surface area contributed by atoms with Gasteiger partial charge in [0.1, 0.15) is 11.6 Å². The zero-order chi connectivity index (χ0) is 13.1. The molecule has 0 fully saturated rings. The molecule has 94 valence electrons. The highest BCUT2D eigenvalue weighted by Gasteiger charge is 2.10. The van der Waals surface area contributed by atoms with Crippen LogP contribution >= 0.6 is 0 Å². The van der Waals surface area contributed by atoms with Gasteiger partial charge in [0.15, 0.2) is 0 Å². The fraction of sp³-hybridized carbons (Fsp3) is 0.357. The van der Waals surface area contributed by atoms with E-state index in [4.69, 9.17) is 0 Å². The first kappa shape index (κ1) is 12.5. The van der Waals surface area contributed by atoms with Crippen LogP contribution in [0.15, 0.2) is 24.5 Å². The van der Waals surface area contributed by atoms with Crippen LogP contribution < -0.4 is 5.32 Å². The Balaban J connectivity index is 2.57. The Labute approximate surface area is 108 Å². The molecule has 2 heterocycles. The second-order valence-corrected chi connectivity index (χ2v) is 4.59. The lowest BCUT2D eigenvalue weighted by molar-refractivity contribution is 0.777. The maximum atomic E-state index is 4.63. The number of rotatable bonds is 3. The van der Waals surface area contributed by atoms with Gasteiger partial charge in [-0.25, -0.2) is 9.97 Å². The summed E-state index contributed by atoms with van der Waals surface area (Å²) in [6.07, 6.45) is 3.64. The molecule has 0 bridgehead atoms. The normalized spacial score (nSPS) is 10.7. The topological polar surface area (TPSA) is 50.7 Å². The Morgan fingerprint density at radius 3 is 2.61 bits per heavy atom. The van der Waals surface area contributed by atoms with Crippen molar-refractivity contribution in [2.45, 2.75) is 26.7 Å². The highest BCUT2D eigenvalue weighted by atomic mass is 15.0. The SMILES string of the molecule is CNc1cc(-c2ccncc2C)nc(C(C)C)n1. The first-order chi connectivity index (χ1) is 8.61. The van der Waals surface area contributed by atoms with Gasteiger partial charge in [-0.3, -0.25) is 4.98 Å². The standard InChI is InChI=1S/C14H18N4/c1-9(2)14-17-12(7-13(15-4)18-14)11-5-6-16-8-10(11)3/h5-9H,1-4H3,(H,15,17,18). The van der Waals surface area contributed by atoms with E-state index in [1.807, 2.05) is 32.3 Å². The Morgan fingerprint density at radius 1 is 1.22 bits per heavy atom. The van der Waals surface area contributed by atoms with E-state index in [9.17, 15) is 0 Å². The van der Waals surface area contributed by atoms with Gasteiger partial charge in [0.25, 0.3) is 0 Å². The van der Waals surface area contributed by atoms with Gasteiger partial charge in [-0.05, 0) is 18.6 Å². The first-order valence-electron chi connectivity index (χ1n) is 6.09. The van der Waals surface area contributed by atoms with Gasteiger partial charge in [0, 0.05) is 37.0 Å². The summed E-state index contributed by atoms with van der Waals surface area (Å²) in [5.41, 5.74) is 3.16. The molecule has 2 aromatic rings. The summed E-state index contributed by atoms with van der Waals surface area (Å²) >= 11 is 0. The van der Waals surface area contributed by atoms with Crippen LogP contribution in [0, 0.1) is 6.92 Å². The van der Waals surface area contributed by atoms with E-state index in [0.29, 0.717) is 5.92 Å². The minimum absolute atomic E-state index is 0.305. The number of pyridine rings is 1. The minimum Gasteiger partial charge on any atom is -0.373 e. The van der Waals surface area contributed by atoms with Crippen LogP contribution in [0.2, 0.25) is 0 Å². The van der Waals surface area contributed by atoms with Gasteiger partial charge in [-0.2, -0.15) is 0 Å². The van der Waals surface area contributed by atoms with Crippen molar-refractivity contribution >= 4 is 5.82 Å². The van der Waals surface area contributed by atoms with Crippen LogP contribution in [0.5, 0.6) is 0 Å². The maximum absolute atomic E-state index is 4.63. The molecule has 0 atom stereocenters. The molecule has 0 aliphatic heterocycles. The third kappa shape index (κ3) is 2.47. The largest absolute Gasteiger partial charge is 0.373 e. The summed E-state index contributed by atoms with van der Waals surface area (Å²) < 4.78 is 0. The minimum atomic E-state index is 0.305. The van der Waals surface area contributed by atoms with Gasteiger partial charge in [-0.15, -0.1) is 0 Å². The number of hydrogen-bond donors (Lipinski definition) is 1. The molecule has 0 radical (unpaired) electrons. The van der Waals surface area contributed by atoms with Crippen LogP contribution in [0.3, 0.4) is 0 Å². The van der Waals surface area contributed by atoms with Gasteiger partial charge in [-0.1, -0.05) is 13.8 Å². The van der Waals surface area contributed by atoms with Crippen molar-refractivity contribution in [3.63, 3.8) is 0 Å². The second-order valence-electron chi connectivity index (χ2n) is 4.59. The van der Waals surface area contributed by atoms with Crippen molar-refractivity contribution < 1.29 is 0 Å². The molecule has 4 nitrogen and oxygen atoms in total. The van der Waals surface area contributed by atoms with Gasteiger partial charge in [0.2, 0.25) is 0 Å². The third-order valence-electron chi connectivity index (χ3n) is 2.81. The molecule has 1 N–H and O–H groups in total. The maximum Gasteiger partial charge on any atom is 0.133 e. The molecule has 0 saturated heterocycles. The molecule has 4 heteroatoms. The number of hydrogen-bond acceptors (Lipinski definition) is 4. The molecule has 0 aliphatic rings. The molecular weight excluding hydrogens is 224 g/mol. The van der Waals surface area contributed by atoms with Crippen LogP contribution in [0.25, 0.3) is 11.3 Å². The van der Waals surface area contributed by atoms with E-state index in [-0.39, 0.29) is 0 Å². The molecule has 0 aromatic carbocycles. The number of aromatic nitrogens is 3. The van der Waals surface area contributed by atoms with E-state index in [1.54, 1.807) is 6.20 Å². The fourth-order valence-electron chi connectivity index (χ4n) is 1.75. The Bertz CT molecular complexity index is 549. The van der Waals surface area contributed by atoms with Gasteiger partial charge < -0.3 is 5.32 Å². The predicted molar refractivity (Wildman–Crippen MR) is 73.6 cm³/mol. The van der Waals surface area contributed by atoms with Crippen molar-refractivity contribution in [2.75, 3.05) is 12.4 Å². The average molecular weight is 242 g/mol. The molecule has 0 spiro atoms. The molecule has 0 amide bonds. The van der Waals surface area contributed by atoms with Crippen molar-refractivity contribution in [3.05, 3.63) is 35.9 Å². The van der Waals surface area contributed by atoms with Crippen molar-refractivity contribution in [1.29, 1.82) is 0 Å². The lowest BCUT2D eigenvalue weighted by Crippen LogP contribution is -2.03. The smallest absolute Gasteiger partial charge is 0.133 e. The van der Waals surface area contributed by atoms with E-state index in [0.717, 1.165) is 28.5 Å². The second kappa shape index (κ2) is 5.12. The van der Waals surface area contributed by atoms with E-state index in [2.05, 4.69) is 34.1 Å². The highest BCUT2D eigenvalue weighted by molar-refractivity contribution is 5.65. The van der Waals surface area contributed by atoms with E-state index < -0.39 is 0 Å². The van der Waals surface area contributed by atoms with E-state index >= 15 is 0 Å².